The number of carbonyl (C=O) groups excluding carboxylic acids is 2. The summed E-state index contributed by atoms with van der Waals surface area (Å²) in [4.78, 5) is 22.9. The summed E-state index contributed by atoms with van der Waals surface area (Å²) in [5.41, 5.74) is 2.01. The third kappa shape index (κ3) is 3.95. The molecule has 0 spiro atoms. The van der Waals surface area contributed by atoms with E-state index >= 15 is 0 Å². The summed E-state index contributed by atoms with van der Waals surface area (Å²) in [5, 5.41) is 7.00. The first-order valence-electron chi connectivity index (χ1n) is 8.43. The van der Waals surface area contributed by atoms with Crippen LogP contribution in [0.5, 0.6) is 5.75 Å². The number of ether oxygens (including phenoxy) is 1. The van der Waals surface area contributed by atoms with Gasteiger partial charge in [-0.05, 0) is 78.0 Å². The van der Waals surface area contributed by atoms with Gasteiger partial charge in [-0.25, -0.2) is 4.79 Å². The molecule has 1 heterocycles. The predicted molar refractivity (Wildman–Crippen MR) is 115 cm³/mol. The minimum absolute atomic E-state index is 0.202. The van der Waals surface area contributed by atoms with E-state index < -0.39 is 11.9 Å². The monoisotopic (exact) mass is 500 g/mol. The SMILES string of the molecule is O=C1NC(=O)/C(=C\c2cc(Br)c(OCc3ccc4ccccc4c3)c(Br)c2)N1. The van der Waals surface area contributed by atoms with Crippen LogP contribution in [0.4, 0.5) is 4.79 Å². The van der Waals surface area contributed by atoms with Crippen LogP contribution in [0.3, 0.4) is 0 Å². The van der Waals surface area contributed by atoms with E-state index in [4.69, 9.17) is 4.74 Å². The quantitative estimate of drug-likeness (QED) is 0.385. The van der Waals surface area contributed by atoms with E-state index in [1.807, 2.05) is 30.3 Å². The zero-order valence-corrected chi connectivity index (χ0v) is 17.6. The molecule has 1 aliphatic heterocycles. The van der Waals surface area contributed by atoms with Crippen molar-refractivity contribution >= 4 is 60.6 Å². The molecule has 0 atom stereocenters. The van der Waals surface area contributed by atoms with Crippen LogP contribution in [0.15, 0.2) is 69.2 Å². The molecule has 0 aromatic heterocycles. The van der Waals surface area contributed by atoms with Gasteiger partial charge in [-0.2, -0.15) is 0 Å². The van der Waals surface area contributed by atoms with Gasteiger partial charge in [-0.15, -0.1) is 0 Å². The summed E-state index contributed by atoms with van der Waals surface area (Å²) in [7, 11) is 0. The minimum Gasteiger partial charge on any atom is -0.487 e. The Bertz CT molecular complexity index is 1120. The number of nitrogens with one attached hydrogen (secondary N) is 2. The second kappa shape index (κ2) is 7.77. The van der Waals surface area contributed by atoms with E-state index in [0.29, 0.717) is 12.4 Å². The normalized spacial score (nSPS) is 15.0. The number of benzene rings is 3. The van der Waals surface area contributed by atoms with Crippen molar-refractivity contribution in [1.29, 1.82) is 0 Å². The number of carbonyl (C=O) groups is 2. The smallest absolute Gasteiger partial charge is 0.326 e. The molecule has 28 heavy (non-hydrogen) atoms. The number of halogens is 2. The van der Waals surface area contributed by atoms with Crippen LogP contribution in [-0.2, 0) is 11.4 Å². The van der Waals surface area contributed by atoms with Gasteiger partial charge >= 0.3 is 6.03 Å². The van der Waals surface area contributed by atoms with E-state index in [9.17, 15) is 9.59 Å². The molecule has 4 rings (SSSR count). The van der Waals surface area contributed by atoms with E-state index in [2.05, 4.69) is 66.8 Å². The number of urea groups is 1. The minimum atomic E-state index is -0.523. The van der Waals surface area contributed by atoms with Crippen molar-refractivity contribution in [3.63, 3.8) is 0 Å². The number of hydrogen-bond acceptors (Lipinski definition) is 3. The molecule has 0 unspecified atom stereocenters. The number of fused-ring (bicyclic) bond motifs is 1. The van der Waals surface area contributed by atoms with Gasteiger partial charge in [0.1, 0.15) is 18.1 Å². The number of hydrogen-bond donors (Lipinski definition) is 2. The topological polar surface area (TPSA) is 67.4 Å². The first-order valence-corrected chi connectivity index (χ1v) is 10.0. The Morgan fingerprint density at radius 3 is 2.29 bits per heavy atom. The van der Waals surface area contributed by atoms with Crippen molar-refractivity contribution in [2.45, 2.75) is 6.61 Å². The Kier molecular flexibility index (Phi) is 5.19. The lowest BCUT2D eigenvalue weighted by Gasteiger charge is -2.12. The standard InChI is InChI=1S/C21H14Br2N2O3/c22-16-8-13(10-18-20(26)25-21(27)24-18)9-17(23)19(16)28-11-12-5-6-14-3-1-2-4-15(14)7-12/h1-10H,11H2,(H2,24,25,26,27)/b18-10+. The number of amides is 3. The van der Waals surface area contributed by atoms with E-state index in [0.717, 1.165) is 20.1 Å². The van der Waals surface area contributed by atoms with Gasteiger partial charge in [0.05, 0.1) is 8.95 Å². The highest BCUT2D eigenvalue weighted by atomic mass is 79.9. The summed E-state index contributed by atoms with van der Waals surface area (Å²) in [6.07, 6.45) is 1.60. The highest BCUT2D eigenvalue weighted by Crippen LogP contribution is 2.36. The average Bonchev–Trinajstić information content (AvgIpc) is 2.97. The molecule has 7 heteroatoms. The molecule has 3 aromatic carbocycles. The lowest BCUT2D eigenvalue weighted by atomic mass is 10.1. The maximum atomic E-state index is 11.7. The van der Waals surface area contributed by atoms with Crippen molar-refractivity contribution < 1.29 is 14.3 Å². The second-order valence-electron chi connectivity index (χ2n) is 6.25. The molecular formula is C21H14Br2N2O3. The van der Waals surface area contributed by atoms with Crippen LogP contribution in [-0.4, -0.2) is 11.9 Å². The van der Waals surface area contributed by atoms with Crippen LogP contribution in [0.2, 0.25) is 0 Å². The third-order valence-corrected chi connectivity index (χ3v) is 5.43. The fourth-order valence-corrected chi connectivity index (χ4v) is 4.38. The van der Waals surface area contributed by atoms with Gasteiger partial charge in [0.2, 0.25) is 0 Å². The van der Waals surface area contributed by atoms with Crippen LogP contribution >= 0.6 is 31.9 Å². The van der Waals surface area contributed by atoms with Gasteiger partial charge in [0, 0.05) is 0 Å². The third-order valence-electron chi connectivity index (χ3n) is 4.25. The fourth-order valence-electron chi connectivity index (χ4n) is 2.93. The lowest BCUT2D eigenvalue weighted by Crippen LogP contribution is -2.22. The molecule has 1 saturated heterocycles. The first-order chi connectivity index (χ1) is 13.5. The van der Waals surface area contributed by atoms with Gasteiger partial charge in [-0.3, -0.25) is 10.1 Å². The molecule has 140 valence electrons. The Hall–Kier alpha value is -2.64. The highest BCUT2D eigenvalue weighted by molar-refractivity contribution is 9.11. The molecule has 1 aliphatic rings. The Balaban J connectivity index is 1.54. The molecule has 0 aliphatic carbocycles. The van der Waals surface area contributed by atoms with Crippen molar-refractivity contribution in [2.75, 3.05) is 0 Å². The Morgan fingerprint density at radius 2 is 1.61 bits per heavy atom. The van der Waals surface area contributed by atoms with Gasteiger partial charge in [0.25, 0.3) is 5.91 Å². The molecule has 2 N–H and O–H groups in total. The Morgan fingerprint density at radius 1 is 0.893 bits per heavy atom. The lowest BCUT2D eigenvalue weighted by molar-refractivity contribution is -0.115. The van der Waals surface area contributed by atoms with Crippen molar-refractivity contribution in [3.05, 3.63) is 80.4 Å². The summed E-state index contributed by atoms with van der Waals surface area (Å²) < 4.78 is 7.47. The molecule has 3 aromatic rings. The number of rotatable bonds is 4. The largest absolute Gasteiger partial charge is 0.487 e. The van der Waals surface area contributed by atoms with E-state index in [1.54, 1.807) is 6.08 Å². The second-order valence-corrected chi connectivity index (χ2v) is 7.96. The molecule has 3 amide bonds. The van der Waals surface area contributed by atoms with Crippen LogP contribution in [0.25, 0.3) is 16.8 Å². The van der Waals surface area contributed by atoms with E-state index in [-0.39, 0.29) is 5.70 Å². The maximum Gasteiger partial charge on any atom is 0.326 e. The van der Waals surface area contributed by atoms with Crippen molar-refractivity contribution in [1.82, 2.24) is 10.6 Å². The maximum absolute atomic E-state index is 11.7. The van der Waals surface area contributed by atoms with Gasteiger partial charge in [0.15, 0.2) is 0 Å². The summed E-state index contributed by atoms with van der Waals surface area (Å²) >= 11 is 7.03. The zero-order chi connectivity index (χ0) is 19.7. The molecule has 0 bridgehead atoms. The fraction of sp³-hybridized carbons (Fsp3) is 0.0476. The molecular weight excluding hydrogens is 488 g/mol. The summed E-state index contributed by atoms with van der Waals surface area (Å²) in [6.45, 7) is 0.418. The highest BCUT2D eigenvalue weighted by Gasteiger charge is 2.23. The Labute approximate surface area is 178 Å². The van der Waals surface area contributed by atoms with E-state index in [1.165, 1.54) is 10.8 Å². The van der Waals surface area contributed by atoms with Gasteiger partial charge in [-0.1, -0.05) is 36.4 Å². The number of imide groups is 1. The molecule has 0 saturated carbocycles. The molecule has 0 radical (unpaired) electrons. The summed E-state index contributed by atoms with van der Waals surface area (Å²) in [5.74, 6) is 0.212. The van der Waals surface area contributed by atoms with Crippen molar-refractivity contribution in [3.8, 4) is 5.75 Å². The molecule has 1 fully saturated rings. The van der Waals surface area contributed by atoms with Gasteiger partial charge < -0.3 is 10.1 Å². The van der Waals surface area contributed by atoms with Crippen LogP contribution in [0, 0.1) is 0 Å². The van der Waals surface area contributed by atoms with Crippen LogP contribution < -0.4 is 15.4 Å². The van der Waals surface area contributed by atoms with Crippen molar-refractivity contribution in [2.24, 2.45) is 0 Å². The summed E-state index contributed by atoms with van der Waals surface area (Å²) in [6, 6.07) is 17.5. The zero-order valence-electron chi connectivity index (χ0n) is 14.5. The molecule has 5 nitrogen and oxygen atoms in total. The average molecular weight is 502 g/mol. The predicted octanol–water partition coefficient (Wildman–Crippen LogP) is 5.12. The van der Waals surface area contributed by atoms with Crippen LogP contribution in [0.1, 0.15) is 11.1 Å². The first kappa shape index (κ1) is 18.7.